The molecule has 0 saturated heterocycles. The number of esters is 1. The zero-order valence-electron chi connectivity index (χ0n) is 10.0. The molecular formula is C13H14N2O3. The SMILES string of the molecule is CCOC(=O)/C=C/c1cccc2c1NCC(=O)N2. The van der Waals surface area contributed by atoms with Crippen molar-refractivity contribution in [1.29, 1.82) is 0 Å². The van der Waals surface area contributed by atoms with Gasteiger partial charge in [0.1, 0.15) is 0 Å². The quantitative estimate of drug-likeness (QED) is 0.628. The molecule has 0 aromatic heterocycles. The van der Waals surface area contributed by atoms with Crippen LogP contribution in [0.15, 0.2) is 24.3 Å². The van der Waals surface area contributed by atoms with Crippen molar-refractivity contribution in [1.82, 2.24) is 0 Å². The number of ether oxygens (including phenoxy) is 1. The van der Waals surface area contributed by atoms with E-state index in [9.17, 15) is 9.59 Å². The summed E-state index contributed by atoms with van der Waals surface area (Å²) in [6, 6.07) is 5.48. The minimum Gasteiger partial charge on any atom is -0.463 e. The molecule has 0 radical (unpaired) electrons. The highest BCUT2D eigenvalue weighted by atomic mass is 16.5. The maximum absolute atomic E-state index is 11.2. The van der Waals surface area contributed by atoms with Crippen molar-refractivity contribution in [3.63, 3.8) is 0 Å². The molecule has 5 heteroatoms. The molecule has 1 aromatic carbocycles. The van der Waals surface area contributed by atoms with Crippen molar-refractivity contribution < 1.29 is 14.3 Å². The third kappa shape index (κ3) is 2.68. The van der Waals surface area contributed by atoms with Crippen LogP contribution in [0.5, 0.6) is 0 Å². The highest BCUT2D eigenvalue weighted by Crippen LogP contribution is 2.29. The molecule has 0 fully saturated rings. The van der Waals surface area contributed by atoms with E-state index in [1.54, 1.807) is 19.1 Å². The fourth-order valence-electron chi connectivity index (χ4n) is 1.72. The summed E-state index contributed by atoms with van der Waals surface area (Å²) >= 11 is 0. The molecule has 0 aliphatic carbocycles. The maximum Gasteiger partial charge on any atom is 0.330 e. The van der Waals surface area contributed by atoms with Gasteiger partial charge < -0.3 is 15.4 Å². The number of hydrogen-bond acceptors (Lipinski definition) is 4. The topological polar surface area (TPSA) is 67.4 Å². The van der Waals surface area contributed by atoms with Gasteiger partial charge in [0, 0.05) is 6.08 Å². The molecule has 0 unspecified atom stereocenters. The lowest BCUT2D eigenvalue weighted by molar-refractivity contribution is -0.137. The molecule has 0 saturated carbocycles. The van der Waals surface area contributed by atoms with Gasteiger partial charge in [-0.15, -0.1) is 0 Å². The third-order valence-corrected chi connectivity index (χ3v) is 2.48. The van der Waals surface area contributed by atoms with E-state index < -0.39 is 0 Å². The summed E-state index contributed by atoms with van der Waals surface area (Å²) in [6.45, 7) is 2.34. The Morgan fingerprint density at radius 1 is 1.50 bits per heavy atom. The Bertz CT molecular complexity index is 509. The second kappa shape index (κ2) is 5.35. The lowest BCUT2D eigenvalue weighted by atomic mass is 10.1. The van der Waals surface area contributed by atoms with E-state index in [1.807, 2.05) is 12.1 Å². The van der Waals surface area contributed by atoms with Crippen LogP contribution in [0.25, 0.3) is 6.08 Å². The van der Waals surface area contributed by atoms with E-state index in [1.165, 1.54) is 6.08 Å². The summed E-state index contributed by atoms with van der Waals surface area (Å²) < 4.78 is 4.81. The Morgan fingerprint density at radius 2 is 2.33 bits per heavy atom. The number of para-hydroxylation sites is 1. The third-order valence-electron chi connectivity index (χ3n) is 2.48. The van der Waals surface area contributed by atoms with Crippen molar-refractivity contribution in [2.24, 2.45) is 0 Å². The zero-order chi connectivity index (χ0) is 13.0. The van der Waals surface area contributed by atoms with Gasteiger partial charge in [-0.3, -0.25) is 4.79 Å². The Balaban J connectivity index is 2.22. The van der Waals surface area contributed by atoms with E-state index in [-0.39, 0.29) is 18.4 Å². The summed E-state index contributed by atoms with van der Waals surface area (Å²) in [5.41, 5.74) is 2.37. The van der Waals surface area contributed by atoms with Crippen LogP contribution in [0.4, 0.5) is 11.4 Å². The molecule has 18 heavy (non-hydrogen) atoms. The lowest BCUT2D eigenvalue weighted by Gasteiger charge is -2.20. The van der Waals surface area contributed by atoms with Crippen molar-refractivity contribution >= 4 is 29.3 Å². The number of carbonyl (C=O) groups excluding carboxylic acids is 2. The van der Waals surface area contributed by atoms with Gasteiger partial charge in [-0.1, -0.05) is 12.1 Å². The number of amides is 1. The largest absolute Gasteiger partial charge is 0.463 e. The average Bonchev–Trinajstić information content (AvgIpc) is 2.36. The lowest BCUT2D eigenvalue weighted by Crippen LogP contribution is -2.27. The molecular weight excluding hydrogens is 232 g/mol. The summed E-state index contributed by atoms with van der Waals surface area (Å²) in [6.07, 6.45) is 3.04. The normalized spacial score (nSPS) is 13.7. The number of nitrogens with one attached hydrogen (secondary N) is 2. The van der Waals surface area contributed by atoms with Crippen LogP contribution < -0.4 is 10.6 Å². The average molecular weight is 246 g/mol. The van der Waals surface area contributed by atoms with Crippen LogP contribution in [0.2, 0.25) is 0 Å². The van der Waals surface area contributed by atoms with Gasteiger partial charge in [0.25, 0.3) is 0 Å². The molecule has 0 bridgehead atoms. The van der Waals surface area contributed by atoms with Gasteiger partial charge in [0.15, 0.2) is 0 Å². The van der Waals surface area contributed by atoms with Gasteiger partial charge in [0.2, 0.25) is 5.91 Å². The molecule has 1 aliphatic rings. The minimum absolute atomic E-state index is 0.0750. The van der Waals surface area contributed by atoms with E-state index >= 15 is 0 Å². The standard InChI is InChI=1S/C13H14N2O3/c1-2-18-12(17)7-6-9-4-3-5-10-13(9)14-8-11(16)15-10/h3-7,14H,2,8H2,1H3,(H,15,16)/b7-6+. The Hall–Kier alpha value is -2.30. The van der Waals surface area contributed by atoms with E-state index in [2.05, 4.69) is 10.6 Å². The Labute approximate surface area is 105 Å². The fourth-order valence-corrected chi connectivity index (χ4v) is 1.72. The molecule has 1 heterocycles. The van der Waals surface area contributed by atoms with Gasteiger partial charge in [-0.25, -0.2) is 4.79 Å². The van der Waals surface area contributed by atoms with E-state index in [0.29, 0.717) is 6.61 Å². The Kier molecular flexibility index (Phi) is 3.62. The number of benzene rings is 1. The number of carbonyl (C=O) groups is 2. The molecule has 0 spiro atoms. The molecule has 1 aromatic rings. The van der Waals surface area contributed by atoms with Crippen molar-refractivity contribution in [3.05, 3.63) is 29.8 Å². The van der Waals surface area contributed by atoms with Crippen LogP contribution in [-0.4, -0.2) is 25.0 Å². The van der Waals surface area contributed by atoms with Crippen molar-refractivity contribution in [2.75, 3.05) is 23.8 Å². The van der Waals surface area contributed by atoms with Crippen LogP contribution in [0.3, 0.4) is 0 Å². The molecule has 0 atom stereocenters. The first-order chi connectivity index (χ1) is 8.70. The summed E-state index contributed by atoms with van der Waals surface area (Å²) in [4.78, 5) is 22.5. The van der Waals surface area contributed by atoms with Crippen LogP contribution in [0, 0.1) is 0 Å². The second-order valence-electron chi connectivity index (χ2n) is 3.76. The highest BCUT2D eigenvalue weighted by molar-refractivity contribution is 6.02. The van der Waals surface area contributed by atoms with Gasteiger partial charge >= 0.3 is 5.97 Å². The molecule has 1 aliphatic heterocycles. The Morgan fingerprint density at radius 3 is 3.11 bits per heavy atom. The molecule has 2 N–H and O–H groups in total. The molecule has 5 nitrogen and oxygen atoms in total. The molecule has 2 rings (SSSR count). The summed E-state index contributed by atoms with van der Waals surface area (Å²) in [5, 5.41) is 5.78. The van der Waals surface area contributed by atoms with Crippen molar-refractivity contribution in [3.8, 4) is 0 Å². The predicted octanol–water partition coefficient (Wildman–Crippen LogP) is 1.63. The fraction of sp³-hybridized carbons (Fsp3) is 0.231. The molecule has 94 valence electrons. The number of fused-ring (bicyclic) bond motifs is 1. The number of anilines is 2. The smallest absolute Gasteiger partial charge is 0.330 e. The summed E-state index contributed by atoms with van der Waals surface area (Å²) in [7, 11) is 0. The predicted molar refractivity (Wildman–Crippen MR) is 69.2 cm³/mol. The van der Waals surface area contributed by atoms with Crippen LogP contribution >= 0.6 is 0 Å². The molecule has 1 amide bonds. The van der Waals surface area contributed by atoms with Gasteiger partial charge in [-0.05, 0) is 24.6 Å². The van der Waals surface area contributed by atoms with E-state index in [4.69, 9.17) is 4.74 Å². The first-order valence-corrected chi connectivity index (χ1v) is 5.72. The second-order valence-corrected chi connectivity index (χ2v) is 3.76. The first-order valence-electron chi connectivity index (χ1n) is 5.72. The van der Waals surface area contributed by atoms with Gasteiger partial charge in [0.05, 0.1) is 24.5 Å². The number of hydrogen-bond donors (Lipinski definition) is 2. The summed E-state index contributed by atoms with van der Waals surface area (Å²) in [5.74, 6) is -0.455. The number of rotatable bonds is 3. The highest BCUT2D eigenvalue weighted by Gasteiger charge is 2.15. The van der Waals surface area contributed by atoms with Crippen molar-refractivity contribution in [2.45, 2.75) is 6.92 Å². The van der Waals surface area contributed by atoms with Crippen LogP contribution in [-0.2, 0) is 14.3 Å². The van der Waals surface area contributed by atoms with E-state index in [0.717, 1.165) is 16.9 Å². The maximum atomic E-state index is 11.2. The minimum atomic E-state index is -0.380. The zero-order valence-corrected chi connectivity index (χ0v) is 10.0. The van der Waals surface area contributed by atoms with Gasteiger partial charge in [-0.2, -0.15) is 0 Å². The van der Waals surface area contributed by atoms with Crippen LogP contribution in [0.1, 0.15) is 12.5 Å². The monoisotopic (exact) mass is 246 g/mol. The first kappa shape index (κ1) is 12.2.